The van der Waals surface area contributed by atoms with Gasteiger partial charge in [-0.15, -0.1) is 0 Å². The molecule has 0 saturated carbocycles. The molecular weight excluding hydrogens is 404 g/mol. The number of nitrogens with zero attached hydrogens (tertiary/aromatic N) is 1. The summed E-state index contributed by atoms with van der Waals surface area (Å²) in [6.07, 6.45) is 2.31. The lowest BCUT2D eigenvalue weighted by Gasteiger charge is -2.31. The van der Waals surface area contributed by atoms with Crippen molar-refractivity contribution in [2.75, 3.05) is 19.3 Å². The molecule has 2 heterocycles. The van der Waals surface area contributed by atoms with Gasteiger partial charge < -0.3 is 14.1 Å². The Morgan fingerprint density at radius 3 is 2.57 bits per heavy atom. The summed E-state index contributed by atoms with van der Waals surface area (Å²) in [5, 5.41) is 2.24. The summed E-state index contributed by atoms with van der Waals surface area (Å²) in [6.45, 7) is 1.19. The number of ether oxygens (including phenoxy) is 1. The highest BCUT2D eigenvalue weighted by Crippen LogP contribution is 2.22. The summed E-state index contributed by atoms with van der Waals surface area (Å²) >= 11 is 0. The minimum atomic E-state index is -3.24. The molecule has 1 saturated heterocycles. The first-order valence-electron chi connectivity index (χ1n) is 9.84. The van der Waals surface area contributed by atoms with Crippen LogP contribution < -0.4 is 9.46 Å². The van der Waals surface area contributed by atoms with E-state index in [1.54, 1.807) is 17.0 Å². The summed E-state index contributed by atoms with van der Waals surface area (Å²) in [6, 6.07) is 17.2. The summed E-state index contributed by atoms with van der Waals surface area (Å²) in [4.78, 5) is 14.4. The average molecular weight is 429 g/mol. The topological polar surface area (TPSA) is 88.9 Å². The zero-order valence-corrected chi connectivity index (χ0v) is 17.5. The first kappa shape index (κ1) is 20.4. The predicted molar refractivity (Wildman–Crippen MR) is 114 cm³/mol. The Bertz CT molecular complexity index is 1150. The molecule has 0 spiro atoms. The third-order valence-electron chi connectivity index (χ3n) is 5.14. The van der Waals surface area contributed by atoms with Gasteiger partial charge in [0.05, 0.1) is 6.26 Å². The number of fused-ring (bicyclic) bond motifs is 1. The number of carbonyl (C=O) groups is 1. The molecule has 1 aliphatic heterocycles. The van der Waals surface area contributed by atoms with Crippen LogP contribution in [0.2, 0.25) is 0 Å². The standard InChI is InChI=1S/C22H24N2O5S/c1-30(26,27)23-18-10-12-24(13-11-18)22(25)21-9-8-20(29-21)15-28-19-7-6-16-4-2-3-5-17(16)14-19/h2-9,14,18,23H,10-13,15H2,1H3. The monoisotopic (exact) mass is 428 g/mol. The van der Waals surface area contributed by atoms with Gasteiger partial charge in [0, 0.05) is 19.1 Å². The van der Waals surface area contributed by atoms with Gasteiger partial charge in [0.25, 0.3) is 5.91 Å². The number of carbonyl (C=O) groups excluding carboxylic acids is 1. The Kier molecular flexibility index (Phi) is 5.78. The first-order valence-corrected chi connectivity index (χ1v) is 11.7. The van der Waals surface area contributed by atoms with E-state index in [1.165, 1.54) is 0 Å². The van der Waals surface area contributed by atoms with E-state index in [0.717, 1.165) is 22.8 Å². The van der Waals surface area contributed by atoms with Crippen LogP contribution in [0, 0.1) is 0 Å². The number of amides is 1. The van der Waals surface area contributed by atoms with Crippen LogP contribution in [0.15, 0.2) is 59.0 Å². The van der Waals surface area contributed by atoms with Crippen LogP contribution in [-0.4, -0.2) is 44.6 Å². The molecule has 30 heavy (non-hydrogen) atoms. The molecule has 3 aromatic rings. The highest BCUT2D eigenvalue weighted by molar-refractivity contribution is 7.88. The maximum atomic E-state index is 12.7. The second kappa shape index (κ2) is 8.49. The minimum absolute atomic E-state index is 0.133. The number of nitrogens with one attached hydrogen (secondary N) is 1. The number of benzene rings is 2. The molecule has 1 N–H and O–H groups in total. The average Bonchev–Trinajstić information content (AvgIpc) is 3.20. The summed E-state index contributed by atoms with van der Waals surface area (Å²) in [7, 11) is -3.24. The number of sulfonamides is 1. The fourth-order valence-electron chi connectivity index (χ4n) is 3.64. The lowest BCUT2D eigenvalue weighted by molar-refractivity contribution is 0.0675. The van der Waals surface area contributed by atoms with E-state index in [1.807, 2.05) is 42.5 Å². The Balaban J connectivity index is 1.32. The molecule has 1 aliphatic rings. The van der Waals surface area contributed by atoms with Crippen LogP contribution >= 0.6 is 0 Å². The van der Waals surface area contributed by atoms with Gasteiger partial charge in [-0.1, -0.05) is 30.3 Å². The van der Waals surface area contributed by atoms with Crippen molar-refractivity contribution < 1.29 is 22.4 Å². The van der Waals surface area contributed by atoms with E-state index in [2.05, 4.69) is 4.72 Å². The largest absolute Gasteiger partial charge is 0.486 e. The van der Waals surface area contributed by atoms with E-state index in [0.29, 0.717) is 31.7 Å². The van der Waals surface area contributed by atoms with Gasteiger partial charge in [-0.05, 0) is 47.9 Å². The number of hydrogen-bond acceptors (Lipinski definition) is 5. The molecule has 1 aromatic heterocycles. The van der Waals surface area contributed by atoms with Crippen molar-refractivity contribution in [3.05, 3.63) is 66.1 Å². The number of piperidine rings is 1. The highest BCUT2D eigenvalue weighted by Gasteiger charge is 2.26. The maximum Gasteiger partial charge on any atom is 0.289 e. The Hall–Kier alpha value is -2.84. The van der Waals surface area contributed by atoms with Crippen LogP contribution in [0.25, 0.3) is 10.8 Å². The van der Waals surface area contributed by atoms with Crippen molar-refractivity contribution in [3.63, 3.8) is 0 Å². The molecule has 1 amide bonds. The number of rotatable bonds is 6. The Morgan fingerprint density at radius 1 is 1.10 bits per heavy atom. The molecule has 0 bridgehead atoms. The van der Waals surface area contributed by atoms with Crippen molar-refractivity contribution in [1.29, 1.82) is 0 Å². The summed E-state index contributed by atoms with van der Waals surface area (Å²) in [5.41, 5.74) is 0. The molecule has 8 heteroatoms. The second-order valence-corrected chi connectivity index (χ2v) is 9.30. The minimum Gasteiger partial charge on any atom is -0.486 e. The van der Waals surface area contributed by atoms with Gasteiger partial charge in [-0.3, -0.25) is 4.79 Å². The summed E-state index contributed by atoms with van der Waals surface area (Å²) in [5.74, 6) is 1.38. The molecule has 158 valence electrons. The van der Waals surface area contributed by atoms with Crippen LogP contribution in [-0.2, 0) is 16.6 Å². The Morgan fingerprint density at radius 2 is 1.83 bits per heavy atom. The van der Waals surface area contributed by atoms with Gasteiger partial charge in [-0.25, -0.2) is 13.1 Å². The van der Waals surface area contributed by atoms with Gasteiger partial charge in [0.1, 0.15) is 18.1 Å². The third kappa shape index (κ3) is 5.01. The molecule has 2 aromatic carbocycles. The van der Waals surface area contributed by atoms with Crippen LogP contribution in [0.3, 0.4) is 0 Å². The third-order valence-corrected chi connectivity index (χ3v) is 5.90. The van der Waals surface area contributed by atoms with Gasteiger partial charge in [0.2, 0.25) is 10.0 Å². The predicted octanol–water partition coefficient (Wildman–Crippen LogP) is 3.17. The van der Waals surface area contributed by atoms with E-state index in [9.17, 15) is 13.2 Å². The normalized spacial score (nSPS) is 15.4. The SMILES string of the molecule is CS(=O)(=O)NC1CCN(C(=O)c2ccc(COc3ccc4ccccc4c3)o2)CC1. The van der Waals surface area contributed by atoms with Gasteiger partial charge >= 0.3 is 0 Å². The molecule has 0 unspecified atom stereocenters. The molecule has 7 nitrogen and oxygen atoms in total. The van der Waals surface area contributed by atoms with Crippen molar-refractivity contribution in [1.82, 2.24) is 9.62 Å². The summed E-state index contributed by atoms with van der Waals surface area (Å²) < 4.78 is 36.8. The molecule has 4 rings (SSSR count). The molecule has 0 aliphatic carbocycles. The number of hydrogen-bond donors (Lipinski definition) is 1. The van der Waals surface area contributed by atoms with E-state index in [-0.39, 0.29) is 24.3 Å². The van der Waals surface area contributed by atoms with Crippen LogP contribution in [0.4, 0.5) is 0 Å². The quantitative estimate of drug-likeness (QED) is 0.652. The molecular formula is C22H24N2O5S. The number of furan rings is 1. The van der Waals surface area contributed by atoms with Gasteiger partial charge in [-0.2, -0.15) is 0 Å². The van der Waals surface area contributed by atoms with Crippen molar-refractivity contribution in [2.24, 2.45) is 0 Å². The first-order chi connectivity index (χ1) is 14.4. The molecule has 0 atom stereocenters. The number of likely N-dealkylation sites (tertiary alicyclic amines) is 1. The fraction of sp³-hybridized carbons (Fsp3) is 0.318. The van der Waals surface area contributed by atoms with Crippen molar-refractivity contribution in [2.45, 2.75) is 25.5 Å². The fourth-order valence-corrected chi connectivity index (χ4v) is 4.48. The highest BCUT2D eigenvalue weighted by atomic mass is 32.2. The van der Waals surface area contributed by atoms with Gasteiger partial charge in [0.15, 0.2) is 5.76 Å². The molecule has 0 radical (unpaired) electrons. The zero-order valence-electron chi connectivity index (χ0n) is 16.7. The van der Waals surface area contributed by atoms with Crippen molar-refractivity contribution >= 4 is 26.7 Å². The molecule has 1 fully saturated rings. The smallest absolute Gasteiger partial charge is 0.289 e. The van der Waals surface area contributed by atoms with Crippen LogP contribution in [0.5, 0.6) is 5.75 Å². The van der Waals surface area contributed by atoms with E-state index >= 15 is 0 Å². The Labute approximate surface area is 175 Å². The lowest BCUT2D eigenvalue weighted by Crippen LogP contribution is -2.46. The zero-order chi connectivity index (χ0) is 21.1. The van der Waals surface area contributed by atoms with E-state index < -0.39 is 10.0 Å². The van der Waals surface area contributed by atoms with E-state index in [4.69, 9.17) is 9.15 Å². The maximum absolute atomic E-state index is 12.7. The van der Waals surface area contributed by atoms with Crippen LogP contribution in [0.1, 0.15) is 29.2 Å². The van der Waals surface area contributed by atoms with Crippen molar-refractivity contribution in [3.8, 4) is 5.75 Å². The second-order valence-electron chi connectivity index (χ2n) is 7.52. The lowest BCUT2D eigenvalue weighted by atomic mass is 10.1.